The van der Waals surface area contributed by atoms with Gasteiger partial charge in [0.25, 0.3) is 5.56 Å². The highest BCUT2D eigenvalue weighted by Crippen LogP contribution is 2.27. The number of anilines is 1. The van der Waals surface area contributed by atoms with Crippen LogP contribution in [0.5, 0.6) is 0 Å². The third kappa shape index (κ3) is 4.97. The zero-order valence-electron chi connectivity index (χ0n) is 19.2. The lowest BCUT2D eigenvalue weighted by Gasteiger charge is -2.09. The summed E-state index contributed by atoms with van der Waals surface area (Å²) in [6.45, 7) is 2.39. The number of amides is 1. The number of aromatic nitrogens is 3. The summed E-state index contributed by atoms with van der Waals surface area (Å²) in [4.78, 5) is 42.5. The molecule has 0 bridgehead atoms. The number of rotatable bonds is 9. The van der Waals surface area contributed by atoms with Crippen molar-refractivity contribution < 1.29 is 14.3 Å². The molecule has 0 aliphatic carbocycles. The minimum atomic E-state index is -0.314. The Labute approximate surface area is 196 Å². The van der Waals surface area contributed by atoms with E-state index in [9.17, 15) is 14.4 Å². The largest absolute Gasteiger partial charge is 0.385 e. The molecule has 0 unspecified atom stereocenters. The molecular formula is C26H26N4O4. The van der Waals surface area contributed by atoms with Crippen molar-refractivity contribution >= 4 is 28.4 Å². The van der Waals surface area contributed by atoms with Gasteiger partial charge < -0.3 is 14.6 Å². The van der Waals surface area contributed by atoms with Crippen molar-refractivity contribution in [3.8, 4) is 11.1 Å². The van der Waals surface area contributed by atoms with Crippen LogP contribution >= 0.6 is 0 Å². The van der Waals surface area contributed by atoms with Crippen molar-refractivity contribution in [2.24, 2.45) is 0 Å². The van der Waals surface area contributed by atoms with Gasteiger partial charge >= 0.3 is 0 Å². The number of methoxy groups -OCH3 is 1. The maximum atomic E-state index is 13.3. The molecule has 4 aromatic rings. The number of ether oxygens (including phenoxy) is 1. The molecule has 0 aliphatic rings. The van der Waals surface area contributed by atoms with Gasteiger partial charge in [-0.2, -0.15) is 0 Å². The first-order valence-electron chi connectivity index (χ1n) is 11.0. The number of hydrogen-bond acceptors (Lipinski definition) is 5. The van der Waals surface area contributed by atoms with E-state index < -0.39 is 0 Å². The van der Waals surface area contributed by atoms with E-state index in [2.05, 4.69) is 10.3 Å². The SMILES string of the molecule is COCCCn1cnc2c(-c3ccccc3)cn(CC(=O)Nc3cccc(C(C)=O)c3)c2c1=O. The summed E-state index contributed by atoms with van der Waals surface area (Å²) < 4.78 is 8.28. The van der Waals surface area contributed by atoms with Gasteiger partial charge in [-0.05, 0) is 31.0 Å². The van der Waals surface area contributed by atoms with Crippen molar-refractivity contribution in [3.05, 3.63) is 83.0 Å². The summed E-state index contributed by atoms with van der Waals surface area (Å²) in [5.74, 6) is -0.397. The smallest absolute Gasteiger partial charge is 0.277 e. The topological polar surface area (TPSA) is 95.2 Å². The number of hydrogen-bond donors (Lipinski definition) is 1. The second kappa shape index (κ2) is 10.3. The maximum absolute atomic E-state index is 13.3. The van der Waals surface area contributed by atoms with Crippen molar-refractivity contribution in [1.82, 2.24) is 14.1 Å². The molecule has 8 nitrogen and oxygen atoms in total. The van der Waals surface area contributed by atoms with E-state index in [-0.39, 0.29) is 23.8 Å². The van der Waals surface area contributed by atoms with Crippen LogP contribution in [0.15, 0.2) is 71.9 Å². The second-order valence-corrected chi connectivity index (χ2v) is 8.01. The fourth-order valence-electron chi connectivity index (χ4n) is 3.88. The minimum absolute atomic E-state index is 0.0767. The van der Waals surface area contributed by atoms with Crippen LogP contribution in [0.25, 0.3) is 22.2 Å². The Bertz CT molecular complexity index is 1390. The number of benzene rings is 2. The molecule has 0 saturated heterocycles. The van der Waals surface area contributed by atoms with E-state index in [0.29, 0.717) is 41.9 Å². The quantitative estimate of drug-likeness (QED) is 0.305. The Morgan fingerprint density at radius 1 is 1.06 bits per heavy atom. The molecule has 2 aromatic heterocycles. The van der Waals surface area contributed by atoms with E-state index in [1.807, 2.05) is 30.3 Å². The standard InChI is InChI=1S/C26H26N4O4/c1-18(31)20-10-6-11-21(14-20)28-23(32)16-30-15-22(19-8-4-3-5-9-19)24-25(30)26(33)29(17-27-24)12-7-13-34-2/h3-6,8-11,14-15,17H,7,12-13,16H2,1-2H3,(H,28,32). The van der Waals surface area contributed by atoms with Crippen LogP contribution in [0.3, 0.4) is 0 Å². The van der Waals surface area contributed by atoms with E-state index in [4.69, 9.17) is 4.74 Å². The number of Topliss-reactive ketones (excluding diaryl/α,β-unsaturated/α-hetero) is 1. The summed E-state index contributed by atoms with van der Waals surface area (Å²) in [6, 6.07) is 16.4. The monoisotopic (exact) mass is 458 g/mol. The van der Waals surface area contributed by atoms with Crippen molar-refractivity contribution in [2.75, 3.05) is 19.0 Å². The van der Waals surface area contributed by atoms with Gasteiger partial charge in [0.2, 0.25) is 5.91 Å². The number of nitrogens with zero attached hydrogens (tertiary/aromatic N) is 3. The first-order valence-corrected chi connectivity index (χ1v) is 11.0. The highest BCUT2D eigenvalue weighted by Gasteiger charge is 2.18. The maximum Gasteiger partial charge on any atom is 0.277 e. The van der Waals surface area contributed by atoms with E-state index >= 15 is 0 Å². The van der Waals surface area contributed by atoms with Crippen molar-refractivity contribution in [2.45, 2.75) is 26.4 Å². The Hall–Kier alpha value is -4.04. The first kappa shape index (κ1) is 23.1. The zero-order valence-corrected chi connectivity index (χ0v) is 19.2. The number of carbonyl (C=O) groups excluding carboxylic acids is 2. The summed E-state index contributed by atoms with van der Waals surface area (Å²) in [7, 11) is 1.62. The van der Waals surface area contributed by atoms with Crippen LogP contribution in [0.4, 0.5) is 5.69 Å². The molecule has 34 heavy (non-hydrogen) atoms. The Morgan fingerprint density at radius 3 is 2.59 bits per heavy atom. The van der Waals surface area contributed by atoms with Gasteiger partial charge in [-0.25, -0.2) is 4.98 Å². The number of fused-ring (bicyclic) bond motifs is 1. The molecule has 2 heterocycles. The average Bonchev–Trinajstić information content (AvgIpc) is 3.20. The normalized spacial score (nSPS) is 11.0. The highest BCUT2D eigenvalue weighted by atomic mass is 16.5. The average molecular weight is 459 g/mol. The van der Waals surface area contributed by atoms with Crippen LogP contribution in [0.2, 0.25) is 0 Å². The van der Waals surface area contributed by atoms with Gasteiger partial charge in [-0.15, -0.1) is 0 Å². The Balaban J connectivity index is 1.70. The second-order valence-electron chi connectivity index (χ2n) is 8.01. The predicted octanol–water partition coefficient (Wildman–Crippen LogP) is 3.74. The lowest BCUT2D eigenvalue weighted by Crippen LogP contribution is -2.25. The highest BCUT2D eigenvalue weighted by molar-refractivity contribution is 5.98. The summed E-state index contributed by atoms with van der Waals surface area (Å²) >= 11 is 0. The van der Waals surface area contributed by atoms with E-state index in [0.717, 1.165) is 11.1 Å². The molecule has 174 valence electrons. The number of carbonyl (C=O) groups is 2. The summed E-state index contributed by atoms with van der Waals surface area (Å²) in [6.07, 6.45) is 4.01. The number of nitrogens with one attached hydrogen (secondary N) is 1. The van der Waals surface area contributed by atoms with Gasteiger partial charge in [-0.3, -0.25) is 19.0 Å². The number of aryl methyl sites for hydroxylation is 1. The van der Waals surface area contributed by atoms with Crippen molar-refractivity contribution in [3.63, 3.8) is 0 Å². The molecule has 2 aromatic carbocycles. The Kier molecular flexibility index (Phi) is 6.98. The van der Waals surface area contributed by atoms with Gasteiger partial charge in [0, 0.05) is 43.3 Å². The lowest BCUT2D eigenvalue weighted by atomic mass is 10.1. The summed E-state index contributed by atoms with van der Waals surface area (Å²) in [5.41, 5.74) is 3.42. The fourth-order valence-corrected chi connectivity index (χ4v) is 3.88. The molecule has 0 radical (unpaired) electrons. The predicted molar refractivity (Wildman–Crippen MR) is 131 cm³/mol. The van der Waals surface area contributed by atoms with Crippen LogP contribution in [0, 0.1) is 0 Å². The zero-order chi connectivity index (χ0) is 24.1. The number of ketones is 1. The van der Waals surface area contributed by atoms with Crippen molar-refractivity contribution in [1.29, 1.82) is 0 Å². The lowest BCUT2D eigenvalue weighted by molar-refractivity contribution is -0.116. The molecule has 1 N–H and O–H groups in total. The molecular weight excluding hydrogens is 432 g/mol. The third-order valence-electron chi connectivity index (χ3n) is 5.54. The van der Waals surface area contributed by atoms with Gasteiger partial charge in [0.15, 0.2) is 5.78 Å². The minimum Gasteiger partial charge on any atom is -0.385 e. The molecule has 0 aliphatic heterocycles. The van der Waals surface area contributed by atoms with E-state index in [1.165, 1.54) is 6.92 Å². The molecule has 0 saturated carbocycles. The van der Waals surface area contributed by atoms with Gasteiger partial charge in [0.05, 0.1) is 6.33 Å². The van der Waals surface area contributed by atoms with Crippen LogP contribution in [0.1, 0.15) is 23.7 Å². The molecule has 0 fully saturated rings. The van der Waals surface area contributed by atoms with Gasteiger partial charge in [0.1, 0.15) is 17.6 Å². The van der Waals surface area contributed by atoms with E-state index in [1.54, 1.807) is 53.0 Å². The van der Waals surface area contributed by atoms with Crippen LogP contribution in [-0.4, -0.2) is 39.5 Å². The molecule has 4 rings (SSSR count). The molecule has 8 heteroatoms. The fraction of sp³-hybridized carbons (Fsp3) is 0.231. The first-order chi connectivity index (χ1) is 16.5. The van der Waals surface area contributed by atoms with Crippen LogP contribution in [-0.2, 0) is 22.6 Å². The Morgan fingerprint density at radius 2 is 1.85 bits per heavy atom. The van der Waals surface area contributed by atoms with Crippen LogP contribution < -0.4 is 10.9 Å². The molecule has 0 atom stereocenters. The molecule has 1 amide bonds. The summed E-state index contributed by atoms with van der Waals surface area (Å²) in [5, 5.41) is 2.82. The third-order valence-corrected chi connectivity index (χ3v) is 5.54. The van der Waals surface area contributed by atoms with Gasteiger partial charge in [-0.1, -0.05) is 42.5 Å². The molecule has 0 spiro atoms.